The van der Waals surface area contributed by atoms with Gasteiger partial charge in [0, 0.05) is 12.1 Å². The van der Waals surface area contributed by atoms with Crippen LogP contribution in [0.5, 0.6) is 0 Å². The molecule has 1 atom stereocenters. The Morgan fingerprint density at radius 1 is 1.64 bits per heavy atom. The van der Waals surface area contributed by atoms with Gasteiger partial charge in [-0.1, -0.05) is 0 Å². The molecule has 1 aromatic rings. The molecule has 4 heteroatoms. The van der Waals surface area contributed by atoms with Gasteiger partial charge in [-0.2, -0.15) is 4.73 Å². The van der Waals surface area contributed by atoms with E-state index in [1.165, 1.54) is 18.0 Å². The average molecular weight is 170 g/mol. The van der Waals surface area contributed by atoms with E-state index in [4.69, 9.17) is 5.73 Å². The largest absolute Gasteiger partial charge is 0.618 e. The summed E-state index contributed by atoms with van der Waals surface area (Å²) in [5.74, 6) is 0. The van der Waals surface area contributed by atoms with Crippen LogP contribution in [0.1, 0.15) is 6.92 Å². The van der Waals surface area contributed by atoms with Crippen molar-refractivity contribution in [2.24, 2.45) is 5.73 Å². The highest BCUT2D eigenvalue weighted by Gasteiger charge is 2.05. The molecular weight excluding hydrogens is 160 g/mol. The molecule has 0 aliphatic carbocycles. The Morgan fingerprint density at radius 3 is 2.91 bits per heavy atom. The van der Waals surface area contributed by atoms with Gasteiger partial charge in [0.05, 0.1) is 5.37 Å². The van der Waals surface area contributed by atoms with Crippen LogP contribution >= 0.6 is 11.8 Å². The third-order valence-electron chi connectivity index (χ3n) is 1.10. The van der Waals surface area contributed by atoms with Crippen LogP contribution in [0.15, 0.2) is 29.4 Å². The van der Waals surface area contributed by atoms with Gasteiger partial charge in [-0.25, -0.2) is 0 Å². The molecule has 0 spiro atoms. The number of aromatic nitrogens is 1. The number of hydrogen-bond acceptors (Lipinski definition) is 3. The zero-order chi connectivity index (χ0) is 8.27. The van der Waals surface area contributed by atoms with Crippen molar-refractivity contribution < 1.29 is 4.73 Å². The highest BCUT2D eigenvalue weighted by Crippen LogP contribution is 2.14. The first-order chi connectivity index (χ1) is 5.20. The Balaban J connectivity index is 2.78. The van der Waals surface area contributed by atoms with Crippen molar-refractivity contribution in [2.75, 3.05) is 0 Å². The molecule has 0 aromatic carbocycles. The summed E-state index contributed by atoms with van der Waals surface area (Å²) in [6.07, 6.45) is 1.46. The van der Waals surface area contributed by atoms with E-state index in [1.54, 1.807) is 12.1 Å². The molecule has 1 unspecified atom stereocenters. The van der Waals surface area contributed by atoms with Crippen molar-refractivity contribution in [1.29, 1.82) is 0 Å². The molecule has 60 valence electrons. The molecule has 1 rings (SSSR count). The predicted molar refractivity (Wildman–Crippen MR) is 44.9 cm³/mol. The lowest BCUT2D eigenvalue weighted by Crippen LogP contribution is -2.29. The Bertz CT molecular complexity index is 240. The second-order valence-corrected chi connectivity index (χ2v) is 3.59. The molecule has 0 saturated carbocycles. The number of nitrogens with two attached hydrogens (primary N) is 1. The Morgan fingerprint density at radius 2 is 2.36 bits per heavy atom. The number of hydrogen-bond donors (Lipinski definition) is 1. The normalized spacial score (nSPS) is 12.9. The fourth-order valence-corrected chi connectivity index (χ4v) is 1.40. The Hall–Kier alpha value is -0.740. The molecular formula is C7H10N2OS. The minimum atomic E-state index is -0.0439. The van der Waals surface area contributed by atoms with Crippen molar-refractivity contribution in [2.45, 2.75) is 17.3 Å². The van der Waals surface area contributed by atoms with Gasteiger partial charge in [0.25, 0.3) is 5.03 Å². The van der Waals surface area contributed by atoms with Crippen LogP contribution < -0.4 is 10.5 Å². The molecule has 0 radical (unpaired) electrons. The van der Waals surface area contributed by atoms with Gasteiger partial charge >= 0.3 is 0 Å². The number of thioether (sulfide) groups is 1. The number of rotatable bonds is 2. The number of pyridine rings is 1. The second kappa shape index (κ2) is 3.59. The maximum absolute atomic E-state index is 11.0. The zero-order valence-corrected chi connectivity index (χ0v) is 7.04. The maximum Gasteiger partial charge on any atom is 0.252 e. The van der Waals surface area contributed by atoms with Crippen molar-refractivity contribution >= 4 is 11.8 Å². The monoisotopic (exact) mass is 170 g/mol. The molecule has 0 fully saturated rings. The quantitative estimate of drug-likeness (QED) is 0.308. The van der Waals surface area contributed by atoms with Crippen molar-refractivity contribution in [1.82, 2.24) is 0 Å². The SMILES string of the molecule is CC(N)Sc1cccc[n+]1[O-]. The smallest absolute Gasteiger partial charge is 0.252 e. The topological polar surface area (TPSA) is 53.0 Å². The van der Waals surface area contributed by atoms with E-state index < -0.39 is 0 Å². The molecule has 0 aliphatic heterocycles. The maximum atomic E-state index is 11.0. The molecule has 0 amide bonds. The first-order valence-corrected chi connectivity index (χ1v) is 4.18. The highest BCUT2D eigenvalue weighted by molar-refractivity contribution is 7.99. The Kier molecular flexibility index (Phi) is 2.73. The zero-order valence-electron chi connectivity index (χ0n) is 6.23. The van der Waals surface area contributed by atoms with Gasteiger partial charge in [-0.05, 0) is 24.8 Å². The summed E-state index contributed by atoms with van der Waals surface area (Å²) in [5, 5.41) is 11.6. The number of nitrogens with zero attached hydrogens (tertiary/aromatic N) is 1. The third-order valence-corrected chi connectivity index (χ3v) is 2.02. The van der Waals surface area contributed by atoms with Crippen LogP contribution in [0.3, 0.4) is 0 Å². The molecule has 0 aliphatic rings. The van der Waals surface area contributed by atoms with E-state index in [-0.39, 0.29) is 5.37 Å². The summed E-state index contributed by atoms with van der Waals surface area (Å²) in [6, 6.07) is 5.26. The van der Waals surface area contributed by atoms with Gasteiger partial charge in [0.1, 0.15) is 0 Å². The fourth-order valence-electron chi connectivity index (χ4n) is 0.694. The molecule has 0 bridgehead atoms. The highest BCUT2D eigenvalue weighted by atomic mass is 32.2. The summed E-state index contributed by atoms with van der Waals surface area (Å²) in [5.41, 5.74) is 5.50. The average Bonchev–Trinajstić information content (AvgIpc) is 1.93. The van der Waals surface area contributed by atoms with E-state index in [9.17, 15) is 5.21 Å². The molecule has 2 N–H and O–H groups in total. The molecule has 3 nitrogen and oxygen atoms in total. The lowest BCUT2D eigenvalue weighted by atomic mass is 10.5. The van der Waals surface area contributed by atoms with Gasteiger partial charge in [-0.3, -0.25) is 0 Å². The van der Waals surface area contributed by atoms with Crippen LogP contribution in [0.2, 0.25) is 0 Å². The van der Waals surface area contributed by atoms with E-state index >= 15 is 0 Å². The molecule has 11 heavy (non-hydrogen) atoms. The molecule has 1 aromatic heterocycles. The van der Waals surface area contributed by atoms with Crippen molar-refractivity contribution in [3.63, 3.8) is 0 Å². The first-order valence-electron chi connectivity index (χ1n) is 3.30. The van der Waals surface area contributed by atoms with Gasteiger partial charge in [-0.15, -0.1) is 0 Å². The van der Waals surface area contributed by atoms with Crippen molar-refractivity contribution in [3.8, 4) is 0 Å². The van der Waals surface area contributed by atoms with E-state index in [0.29, 0.717) is 5.03 Å². The van der Waals surface area contributed by atoms with Crippen LogP contribution in [0.4, 0.5) is 0 Å². The summed E-state index contributed by atoms with van der Waals surface area (Å²) >= 11 is 1.35. The van der Waals surface area contributed by atoms with Gasteiger partial charge in [0.15, 0.2) is 6.20 Å². The second-order valence-electron chi connectivity index (χ2n) is 2.19. The van der Waals surface area contributed by atoms with E-state index in [1.807, 2.05) is 13.0 Å². The van der Waals surface area contributed by atoms with E-state index in [0.717, 1.165) is 4.73 Å². The van der Waals surface area contributed by atoms with Crippen LogP contribution in [-0.4, -0.2) is 5.37 Å². The summed E-state index contributed by atoms with van der Waals surface area (Å²) in [7, 11) is 0. The lowest BCUT2D eigenvalue weighted by molar-refractivity contribution is -0.645. The molecule has 1 heterocycles. The Labute approximate surface area is 69.8 Å². The first kappa shape index (κ1) is 8.36. The third kappa shape index (κ3) is 2.40. The fraction of sp³-hybridized carbons (Fsp3) is 0.286. The molecule has 0 saturated heterocycles. The minimum absolute atomic E-state index is 0.0439. The van der Waals surface area contributed by atoms with Gasteiger partial charge in [0.2, 0.25) is 0 Å². The minimum Gasteiger partial charge on any atom is -0.618 e. The predicted octanol–water partition coefficient (Wildman–Crippen LogP) is 0.717. The van der Waals surface area contributed by atoms with Crippen molar-refractivity contribution in [3.05, 3.63) is 29.6 Å². The van der Waals surface area contributed by atoms with E-state index in [2.05, 4.69) is 0 Å². The van der Waals surface area contributed by atoms with Crippen LogP contribution in [0, 0.1) is 5.21 Å². The summed E-state index contributed by atoms with van der Waals surface area (Å²) < 4.78 is 0.814. The summed E-state index contributed by atoms with van der Waals surface area (Å²) in [6.45, 7) is 1.84. The lowest BCUT2D eigenvalue weighted by Gasteiger charge is -2.04. The standard InChI is InChI=1S/C7H10N2OS/c1-6(8)11-7-4-2-3-5-9(7)10/h2-6H,8H2,1H3. The van der Waals surface area contributed by atoms with Crippen LogP contribution in [0.25, 0.3) is 0 Å². The summed E-state index contributed by atoms with van der Waals surface area (Å²) in [4.78, 5) is 0. The van der Waals surface area contributed by atoms with Crippen LogP contribution in [-0.2, 0) is 0 Å². The van der Waals surface area contributed by atoms with Gasteiger partial charge < -0.3 is 10.9 Å².